The van der Waals surface area contributed by atoms with Crippen molar-refractivity contribution < 1.29 is 24.6 Å². The van der Waals surface area contributed by atoms with Crippen molar-refractivity contribution in [2.45, 2.75) is 38.3 Å². The van der Waals surface area contributed by atoms with E-state index in [9.17, 15) is 19.5 Å². The molecule has 3 amide bonds. The monoisotopic (exact) mass is 287 g/mol. The number of nitrogens with zero attached hydrogens (tertiary/aromatic N) is 1. The van der Waals surface area contributed by atoms with Crippen LogP contribution in [0.25, 0.3) is 0 Å². The second-order valence-electron chi connectivity index (χ2n) is 4.82. The molecule has 0 spiro atoms. The molecule has 8 nitrogen and oxygen atoms in total. The normalized spacial score (nSPS) is 18.0. The lowest BCUT2D eigenvalue weighted by Crippen LogP contribution is -2.52. The number of carboxylic acid groups (broad SMARTS) is 1. The van der Waals surface area contributed by atoms with Gasteiger partial charge < -0.3 is 25.7 Å². The van der Waals surface area contributed by atoms with Crippen LogP contribution in [0.1, 0.15) is 26.2 Å². The molecule has 1 fully saturated rings. The standard InChI is InChI=1S/C12H21N3O5/c1-8(16)10(11(18)19)14-12(20)13-7-9(17)15-5-3-2-4-6-15/h8,10,16H,2-7H2,1H3,(H,18,19)(H2,13,14,20). The maximum atomic E-state index is 11.8. The number of hydrogen-bond acceptors (Lipinski definition) is 4. The molecule has 0 aromatic carbocycles. The summed E-state index contributed by atoms with van der Waals surface area (Å²) in [4.78, 5) is 35.7. The molecule has 1 heterocycles. The van der Waals surface area contributed by atoms with Gasteiger partial charge >= 0.3 is 12.0 Å². The van der Waals surface area contributed by atoms with Gasteiger partial charge in [-0.05, 0) is 26.2 Å². The zero-order valence-electron chi connectivity index (χ0n) is 11.5. The molecule has 0 bridgehead atoms. The molecule has 2 atom stereocenters. The second-order valence-corrected chi connectivity index (χ2v) is 4.82. The minimum absolute atomic E-state index is 0.183. The summed E-state index contributed by atoms with van der Waals surface area (Å²) in [5, 5.41) is 22.4. The number of urea groups is 1. The largest absolute Gasteiger partial charge is 0.480 e. The van der Waals surface area contributed by atoms with Gasteiger partial charge in [0.25, 0.3) is 0 Å². The number of carbonyl (C=O) groups excluding carboxylic acids is 2. The van der Waals surface area contributed by atoms with Crippen molar-refractivity contribution in [3.63, 3.8) is 0 Å². The van der Waals surface area contributed by atoms with Gasteiger partial charge in [0.15, 0.2) is 6.04 Å². The molecular formula is C12H21N3O5. The van der Waals surface area contributed by atoms with Gasteiger partial charge in [-0.3, -0.25) is 4.79 Å². The predicted octanol–water partition coefficient (Wildman–Crippen LogP) is -0.868. The van der Waals surface area contributed by atoms with Crippen LogP contribution in [0.3, 0.4) is 0 Å². The quantitative estimate of drug-likeness (QED) is 0.524. The maximum absolute atomic E-state index is 11.8. The highest BCUT2D eigenvalue weighted by Gasteiger charge is 2.25. The molecule has 1 aliphatic heterocycles. The molecule has 0 saturated carbocycles. The molecule has 0 aromatic heterocycles. The first-order chi connectivity index (χ1) is 9.41. The number of aliphatic hydroxyl groups is 1. The zero-order valence-corrected chi connectivity index (χ0v) is 11.5. The van der Waals surface area contributed by atoms with Crippen LogP contribution in [0.15, 0.2) is 0 Å². The third kappa shape index (κ3) is 5.04. The fraction of sp³-hybridized carbons (Fsp3) is 0.750. The summed E-state index contributed by atoms with van der Waals surface area (Å²) in [6.45, 7) is 2.46. The fourth-order valence-electron chi connectivity index (χ4n) is 1.99. The van der Waals surface area contributed by atoms with E-state index in [4.69, 9.17) is 5.11 Å². The Morgan fingerprint density at radius 1 is 1.20 bits per heavy atom. The van der Waals surface area contributed by atoms with E-state index in [-0.39, 0.29) is 12.5 Å². The molecule has 114 valence electrons. The lowest BCUT2D eigenvalue weighted by atomic mass is 10.1. The molecule has 1 aliphatic rings. The van der Waals surface area contributed by atoms with Crippen LogP contribution in [0.2, 0.25) is 0 Å². The summed E-state index contributed by atoms with van der Waals surface area (Å²) >= 11 is 0. The van der Waals surface area contributed by atoms with E-state index >= 15 is 0 Å². The molecule has 0 aromatic rings. The molecule has 4 N–H and O–H groups in total. The van der Waals surface area contributed by atoms with E-state index in [1.54, 1.807) is 4.90 Å². The van der Waals surface area contributed by atoms with Crippen LogP contribution in [-0.4, -0.2) is 64.8 Å². The first-order valence-electron chi connectivity index (χ1n) is 6.65. The Morgan fingerprint density at radius 2 is 1.80 bits per heavy atom. The average molecular weight is 287 g/mol. The van der Waals surface area contributed by atoms with E-state index in [1.165, 1.54) is 6.92 Å². The Bertz CT molecular complexity index is 366. The molecule has 0 radical (unpaired) electrons. The van der Waals surface area contributed by atoms with Crippen LogP contribution in [0, 0.1) is 0 Å². The number of aliphatic carboxylic acids is 1. The van der Waals surface area contributed by atoms with Gasteiger partial charge in [0, 0.05) is 13.1 Å². The number of amides is 3. The third-order valence-corrected chi connectivity index (χ3v) is 3.14. The van der Waals surface area contributed by atoms with Crippen LogP contribution in [-0.2, 0) is 9.59 Å². The Balaban J connectivity index is 2.34. The van der Waals surface area contributed by atoms with Crippen molar-refractivity contribution in [2.75, 3.05) is 19.6 Å². The molecular weight excluding hydrogens is 266 g/mol. The second kappa shape index (κ2) is 7.68. The zero-order chi connectivity index (χ0) is 15.1. The van der Waals surface area contributed by atoms with Crippen molar-refractivity contribution in [3.05, 3.63) is 0 Å². The number of nitrogens with one attached hydrogen (secondary N) is 2. The van der Waals surface area contributed by atoms with E-state index in [1.807, 2.05) is 0 Å². The van der Waals surface area contributed by atoms with E-state index in [0.29, 0.717) is 13.1 Å². The smallest absolute Gasteiger partial charge is 0.328 e. The summed E-state index contributed by atoms with van der Waals surface area (Å²) in [5.41, 5.74) is 0. The lowest BCUT2D eigenvalue weighted by molar-refractivity contribution is -0.141. The lowest BCUT2D eigenvalue weighted by Gasteiger charge is -2.27. The molecule has 8 heteroatoms. The Morgan fingerprint density at radius 3 is 2.30 bits per heavy atom. The van der Waals surface area contributed by atoms with Crippen molar-refractivity contribution in [2.24, 2.45) is 0 Å². The van der Waals surface area contributed by atoms with Crippen molar-refractivity contribution >= 4 is 17.9 Å². The van der Waals surface area contributed by atoms with Crippen LogP contribution < -0.4 is 10.6 Å². The highest BCUT2D eigenvalue weighted by molar-refractivity contribution is 5.86. The minimum atomic E-state index is -1.40. The van der Waals surface area contributed by atoms with Crippen LogP contribution >= 0.6 is 0 Å². The Labute approximate surface area is 117 Å². The maximum Gasteiger partial charge on any atom is 0.328 e. The van der Waals surface area contributed by atoms with Crippen LogP contribution in [0.5, 0.6) is 0 Å². The van der Waals surface area contributed by atoms with Crippen LogP contribution in [0.4, 0.5) is 4.79 Å². The first kappa shape index (κ1) is 16.2. The first-order valence-corrected chi connectivity index (χ1v) is 6.65. The van der Waals surface area contributed by atoms with Gasteiger partial charge in [-0.25, -0.2) is 9.59 Å². The van der Waals surface area contributed by atoms with Gasteiger partial charge in [0.05, 0.1) is 12.6 Å². The number of carbonyl (C=O) groups is 3. The van der Waals surface area contributed by atoms with Gasteiger partial charge in [-0.2, -0.15) is 0 Å². The number of aliphatic hydroxyl groups excluding tert-OH is 1. The van der Waals surface area contributed by atoms with Gasteiger partial charge in [-0.1, -0.05) is 0 Å². The number of carboxylic acids is 1. The van der Waals surface area contributed by atoms with Crippen molar-refractivity contribution in [1.82, 2.24) is 15.5 Å². The summed E-state index contributed by atoms with van der Waals surface area (Å²) in [5.74, 6) is -1.53. The molecule has 2 unspecified atom stereocenters. The molecule has 0 aliphatic carbocycles. The highest BCUT2D eigenvalue weighted by atomic mass is 16.4. The van der Waals surface area contributed by atoms with Gasteiger partial charge in [0.1, 0.15) is 0 Å². The number of likely N-dealkylation sites (tertiary alicyclic amines) is 1. The van der Waals surface area contributed by atoms with Gasteiger partial charge in [-0.15, -0.1) is 0 Å². The highest BCUT2D eigenvalue weighted by Crippen LogP contribution is 2.08. The minimum Gasteiger partial charge on any atom is -0.480 e. The SMILES string of the molecule is CC(O)C(NC(=O)NCC(=O)N1CCCCC1)C(=O)O. The topological polar surface area (TPSA) is 119 Å². The van der Waals surface area contributed by atoms with Crippen molar-refractivity contribution in [1.29, 1.82) is 0 Å². The third-order valence-electron chi connectivity index (χ3n) is 3.14. The number of piperidine rings is 1. The van der Waals surface area contributed by atoms with E-state index in [0.717, 1.165) is 19.3 Å². The molecule has 20 heavy (non-hydrogen) atoms. The van der Waals surface area contributed by atoms with Gasteiger partial charge in [0.2, 0.25) is 5.91 Å². The summed E-state index contributed by atoms with van der Waals surface area (Å²) < 4.78 is 0. The summed E-state index contributed by atoms with van der Waals surface area (Å²) in [6, 6.07) is -2.19. The average Bonchev–Trinajstić information content (AvgIpc) is 2.42. The van der Waals surface area contributed by atoms with E-state index < -0.39 is 24.1 Å². The fourth-order valence-corrected chi connectivity index (χ4v) is 1.99. The Hall–Kier alpha value is -1.83. The number of rotatable bonds is 5. The number of hydrogen-bond donors (Lipinski definition) is 4. The Kier molecular flexibility index (Phi) is 6.23. The summed E-state index contributed by atoms with van der Waals surface area (Å²) in [6.07, 6.45) is 1.80. The molecule has 1 saturated heterocycles. The van der Waals surface area contributed by atoms with E-state index in [2.05, 4.69) is 10.6 Å². The molecule has 1 rings (SSSR count). The predicted molar refractivity (Wildman–Crippen MR) is 70.1 cm³/mol. The van der Waals surface area contributed by atoms with Crippen molar-refractivity contribution in [3.8, 4) is 0 Å². The summed E-state index contributed by atoms with van der Waals surface area (Å²) in [7, 11) is 0.